The third-order valence-corrected chi connectivity index (χ3v) is 2.96. The Kier molecular flexibility index (Phi) is 2.61. The summed E-state index contributed by atoms with van der Waals surface area (Å²) in [5.74, 6) is -0.647. The first-order valence-corrected chi connectivity index (χ1v) is 5.84. The van der Waals surface area contributed by atoms with Gasteiger partial charge in [0.1, 0.15) is 17.1 Å². The topological polar surface area (TPSA) is 90.9 Å². The highest BCUT2D eigenvalue weighted by Gasteiger charge is 2.15. The molecule has 0 spiro atoms. The molecule has 100 valence electrons. The minimum Gasteiger partial charge on any atom is -0.508 e. The maximum Gasteiger partial charge on any atom is 0.235 e. The van der Waals surface area contributed by atoms with E-state index in [1.165, 1.54) is 30.3 Å². The molecule has 0 aliphatic carbocycles. The normalized spacial score (nSPS) is 10.8. The van der Waals surface area contributed by atoms with Gasteiger partial charge in [-0.15, -0.1) is 0 Å². The number of fused-ring (bicyclic) bond motifs is 1. The molecule has 0 bridgehead atoms. The fourth-order valence-corrected chi connectivity index (χ4v) is 2.01. The van der Waals surface area contributed by atoms with Crippen molar-refractivity contribution in [3.63, 3.8) is 0 Å². The zero-order valence-electron chi connectivity index (χ0n) is 10.2. The van der Waals surface area contributed by atoms with E-state index < -0.39 is 11.2 Å². The highest BCUT2D eigenvalue weighted by atomic mass is 16.4. The maximum absolute atomic E-state index is 12.1. The number of rotatable bonds is 1. The van der Waals surface area contributed by atoms with E-state index in [0.29, 0.717) is 5.56 Å². The van der Waals surface area contributed by atoms with Gasteiger partial charge in [0.25, 0.3) is 0 Å². The number of benzene rings is 2. The molecule has 0 aliphatic rings. The predicted octanol–water partition coefficient (Wildman–Crippen LogP) is 2.58. The second-order valence-corrected chi connectivity index (χ2v) is 4.34. The third kappa shape index (κ3) is 1.85. The van der Waals surface area contributed by atoms with Gasteiger partial charge in [-0.1, -0.05) is 12.1 Å². The summed E-state index contributed by atoms with van der Waals surface area (Å²) in [6, 6.07) is 10.00. The lowest BCUT2D eigenvalue weighted by atomic mass is 10.1. The van der Waals surface area contributed by atoms with Gasteiger partial charge in [-0.25, -0.2) is 0 Å². The van der Waals surface area contributed by atoms with Gasteiger partial charge in [0, 0.05) is 11.6 Å². The minimum absolute atomic E-state index is 0.0134. The Labute approximate surface area is 113 Å². The van der Waals surface area contributed by atoms with Gasteiger partial charge in [0.15, 0.2) is 5.76 Å². The number of hydrogen-bond donors (Lipinski definition) is 3. The van der Waals surface area contributed by atoms with E-state index in [1.807, 2.05) is 0 Å². The molecule has 2 aromatic carbocycles. The van der Waals surface area contributed by atoms with E-state index in [1.54, 1.807) is 12.1 Å². The Hall–Kier alpha value is -2.95. The Balaban J connectivity index is 2.37. The van der Waals surface area contributed by atoms with Gasteiger partial charge >= 0.3 is 0 Å². The van der Waals surface area contributed by atoms with Gasteiger partial charge in [0.2, 0.25) is 11.2 Å². The number of aromatic hydroxyl groups is 3. The monoisotopic (exact) mass is 270 g/mol. The quantitative estimate of drug-likeness (QED) is 0.632. The molecule has 3 N–H and O–H groups in total. The second-order valence-electron chi connectivity index (χ2n) is 4.34. The highest BCUT2D eigenvalue weighted by Crippen LogP contribution is 2.32. The van der Waals surface area contributed by atoms with E-state index in [4.69, 9.17) is 4.42 Å². The lowest BCUT2D eigenvalue weighted by molar-refractivity contribution is 0.446. The lowest BCUT2D eigenvalue weighted by Crippen LogP contribution is -2.02. The third-order valence-electron chi connectivity index (χ3n) is 2.96. The summed E-state index contributed by atoms with van der Waals surface area (Å²) in [5, 5.41) is 29.0. The van der Waals surface area contributed by atoms with Crippen LogP contribution < -0.4 is 5.43 Å². The summed E-state index contributed by atoms with van der Waals surface area (Å²) in [6.45, 7) is 0. The van der Waals surface area contributed by atoms with Crippen molar-refractivity contribution < 1.29 is 19.7 Å². The Morgan fingerprint density at radius 2 is 1.65 bits per heavy atom. The zero-order valence-corrected chi connectivity index (χ0v) is 10.2. The van der Waals surface area contributed by atoms with Crippen molar-refractivity contribution in [2.45, 2.75) is 0 Å². The van der Waals surface area contributed by atoms with Gasteiger partial charge in [-0.2, -0.15) is 0 Å². The van der Waals surface area contributed by atoms with E-state index >= 15 is 0 Å². The van der Waals surface area contributed by atoms with Crippen LogP contribution in [0.5, 0.6) is 17.2 Å². The molecule has 20 heavy (non-hydrogen) atoms. The van der Waals surface area contributed by atoms with Crippen LogP contribution in [0.4, 0.5) is 0 Å². The molecule has 0 radical (unpaired) electrons. The summed E-state index contributed by atoms with van der Waals surface area (Å²) in [4.78, 5) is 12.1. The first-order chi connectivity index (χ1) is 9.56. The summed E-state index contributed by atoms with van der Waals surface area (Å²) in [5.41, 5.74) is -0.0689. The fraction of sp³-hybridized carbons (Fsp3) is 0. The molecule has 0 fully saturated rings. The average molecular weight is 270 g/mol. The molecule has 0 saturated heterocycles. The van der Waals surface area contributed by atoms with Crippen molar-refractivity contribution in [1.29, 1.82) is 0 Å². The molecule has 0 atom stereocenters. The molecule has 0 saturated carbocycles. The van der Waals surface area contributed by atoms with Crippen LogP contribution in [0.3, 0.4) is 0 Å². The van der Waals surface area contributed by atoms with E-state index in [0.717, 1.165) is 0 Å². The molecule has 3 aromatic rings. The summed E-state index contributed by atoms with van der Waals surface area (Å²) in [7, 11) is 0. The van der Waals surface area contributed by atoms with Gasteiger partial charge < -0.3 is 19.7 Å². The van der Waals surface area contributed by atoms with Crippen LogP contribution in [-0.4, -0.2) is 15.3 Å². The Morgan fingerprint density at radius 3 is 2.40 bits per heavy atom. The van der Waals surface area contributed by atoms with E-state index in [2.05, 4.69) is 0 Å². The second kappa shape index (κ2) is 4.31. The molecule has 1 heterocycles. The maximum atomic E-state index is 12.1. The van der Waals surface area contributed by atoms with Crippen molar-refractivity contribution in [2.24, 2.45) is 0 Å². The predicted molar refractivity (Wildman–Crippen MR) is 72.9 cm³/mol. The first kappa shape index (κ1) is 12.1. The number of phenolic OH excluding ortho intramolecular Hbond substituents is 2. The number of hydrogen-bond acceptors (Lipinski definition) is 5. The molecule has 3 rings (SSSR count). The van der Waals surface area contributed by atoms with Gasteiger partial charge in [-0.3, -0.25) is 4.79 Å². The molecule has 1 aromatic heterocycles. The molecule has 5 nitrogen and oxygen atoms in total. The van der Waals surface area contributed by atoms with Crippen molar-refractivity contribution in [2.75, 3.05) is 0 Å². The molecule has 0 amide bonds. The summed E-state index contributed by atoms with van der Waals surface area (Å²) >= 11 is 0. The van der Waals surface area contributed by atoms with E-state index in [-0.39, 0.29) is 28.2 Å². The van der Waals surface area contributed by atoms with Crippen LogP contribution in [0.15, 0.2) is 51.7 Å². The summed E-state index contributed by atoms with van der Waals surface area (Å²) in [6.07, 6.45) is 0. The Bertz CT molecular complexity index is 864. The van der Waals surface area contributed by atoms with Crippen LogP contribution in [0, 0.1) is 0 Å². The van der Waals surface area contributed by atoms with Gasteiger partial charge in [-0.05, 0) is 24.3 Å². The molecule has 0 unspecified atom stereocenters. The van der Waals surface area contributed by atoms with Crippen LogP contribution in [-0.2, 0) is 0 Å². The zero-order chi connectivity index (χ0) is 14.3. The largest absolute Gasteiger partial charge is 0.508 e. The number of phenols is 2. The van der Waals surface area contributed by atoms with Crippen LogP contribution >= 0.6 is 0 Å². The standard InChI is InChI=1S/C15H10O5/c16-9-3-1-2-8(6-9)15-14(19)13(18)11-5-4-10(17)7-12(11)20-15/h1-7,16-17,19H. The molecule has 0 aliphatic heterocycles. The van der Waals surface area contributed by atoms with Crippen molar-refractivity contribution >= 4 is 11.0 Å². The van der Waals surface area contributed by atoms with Crippen LogP contribution in [0.1, 0.15) is 0 Å². The van der Waals surface area contributed by atoms with Gasteiger partial charge in [0.05, 0.1) is 5.39 Å². The van der Waals surface area contributed by atoms with Crippen molar-refractivity contribution in [3.8, 4) is 28.6 Å². The lowest BCUT2D eigenvalue weighted by Gasteiger charge is -2.06. The van der Waals surface area contributed by atoms with E-state index in [9.17, 15) is 20.1 Å². The molecular weight excluding hydrogens is 260 g/mol. The molecular formula is C15H10O5. The van der Waals surface area contributed by atoms with Crippen molar-refractivity contribution in [1.82, 2.24) is 0 Å². The van der Waals surface area contributed by atoms with Crippen LogP contribution in [0.2, 0.25) is 0 Å². The highest BCUT2D eigenvalue weighted by molar-refractivity contribution is 5.82. The SMILES string of the molecule is O=c1c(O)c(-c2cccc(O)c2)oc2cc(O)ccc12. The average Bonchev–Trinajstić information content (AvgIpc) is 2.42. The molecule has 5 heteroatoms. The minimum atomic E-state index is -0.593. The smallest absolute Gasteiger partial charge is 0.235 e. The fourth-order valence-electron chi connectivity index (χ4n) is 2.01. The van der Waals surface area contributed by atoms with Crippen LogP contribution in [0.25, 0.3) is 22.3 Å². The Morgan fingerprint density at radius 1 is 0.900 bits per heavy atom. The summed E-state index contributed by atoms with van der Waals surface area (Å²) < 4.78 is 5.47. The van der Waals surface area contributed by atoms with Crippen molar-refractivity contribution in [3.05, 3.63) is 52.7 Å². The first-order valence-electron chi connectivity index (χ1n) is 5.84.